The van der Waals surface area contributed by atoms with Crippen LogP contribution < -0.4 is 10.1 Å². The molecule has 2 aromatic carbocycles. The molecular weight excluding hydrogens is 268 g/mol. The number of methoxy groups -OCH3 is 1. The van der Waals surface area contributed by atoms with Gasteiger partial charge < -0.3 is 10.1 Å². The van der Waals surface area contributed by atoms with Gasteiger partial charge in [0.2, 0.25) is 0 Å². The Bertz CT molecular complexity index is 669. The monoisotopic (exact) mass is 286 g/mol. The first kappa shape index (κ1) is 14.8. The Balaban J connectivity index is 2.15. The molecule has 0 bridgehead atoms. The van der Waals surface area contributed by atoms with Gasteiger partial charge in [-0.3, -0.25) is 10.1 Å². The van der Waals surface area contributed by atoms with Gasteiger partial charge in [-0.25, -0.2) is 0 Å². The molecule has 1 N–H and O–H groups in total. The van der Waals surface area contributed by atoms with Gasteiger partial charge in [0.1, 0.15) is 5.75 Å². The molecule has 0 aromatic heterocycles. The third-order valence-electron chi connectivity index (χ3n) is 3.45. The maximum Gasteiger partial charge on any atom is 0.273 e. The van der Waals surface area contributed by atoms with Crippen LogP contribution in [0.2, 0.25) is 0 Å². The van der Waals surface area contributed by atoms with Crippen LogP contribution in [0.15, 0.2) is 36.4 Å². The first-order valence-electron chi connectivity index (χ1n) is 6.63. The minimum absolute atomic E-state index is 0.0172. The fourth-order valence-corrected chi connectivity index (χ4v) is 2.05. The summed E-state index contributed by atoms with van der Waals surface area (Å²) in [4.78, 5) is 10.3. The number of aryl methyl sites for hydroxylation is 2. The van der Waals surface area contributed by atoms with Crippen LogP contribution in [0.4, 0.5) is 11.4 Å². The van der Waals surface area contributed by atoms with Gasteiger partial charge in [-0.1, -0.05) is 18.2 Å². The number of nitrogens with one attached hydrogen (secondary N) is 1. The fraction of sp³-hybridized carbons (Fsp3) is 0.250. The Kier molecular flexibility index (Phi) is 4.42. The zero-order valence-corrected chi connectivity index (χ0v) is 12.3. The molecule has 0 fully saturated rings. The second kappa shape index (κ2) is 6.26. The van der Waals surface area contributed by atoms with Crippen LogP contribution in [0, 0.1) is 24.0 Å². The first-order valence-corrected chi connectivity index (χ1v) is 6.63. The Hall–Kier alpha value is -2.56. The van der Waals surface area contributed by atoms with Crippen LogP contribution in [0.1, 0.15) is 16.7 Å². The normalized spacial score (nSPS) is 10.2. The number of hydrogen-bond acceptors (Lipinski definition) is 4. The van der Waals surface area contributed by atoms with Crippen molar-refractivity contribution < 1.29 is 9.66 Å². The molecule has 21 heavy (non-hydrogen) atoms. The number of rotatable bonds is 5. The van der Waals surface area contributed by atoms with E-state index in [2.05, 4.69) is 37.4 Å². The summed E-state index contributed by atoms with van der Waals surface area (Å²) in [5.74, 6) is 0.466. The summed E-state index contributed by atoms with van der Waals surface area (Å²) >= 11 is 0. The predicted octanol–water partition coefficient (Wildman–Crippen LogP) is 3.83. The van der Waals surface area contributed by atoms with Gasteiger partial charge in [-0.15, -0.1) is 0 Å². The highest BCUT2D eigenvalue weighted by Gasteiger charge is 2.11. The van der Waals surface area contributed by atoms with Gasteiger partial charge in [-0.05, 0) is 36.6 Å². The molecule has 0 unspecified atom stereocenters. The predicted molar refractivity (Wildman–Crippen MR) is 82.9 cm³/mol. The van der Waals surface area contributed by atoms with Crippen LogP contribution in [-0.4, -0.2) is 12.0 Å². The fourth-order valence-electron chi connectivity index (χ4n) is 2.05. The van der Waals surface area contributed by atoms with Gasteiger partial charge in [0.25, 0.3) is 5.69 Å². The number of nitro benzene ring substituents is 1. The summed E-state index contributed by atoms with van der Waals surface area (Å²) < 4.78 is 5.20. The second-order valence-electron chi connectivity index (χ2n) is 4.91. The van der Waals surface area contributed by atoms with Crippen molar-refractivity contribution in [3.05, 3.63) is 63.2 Å². The number of ether oxygens (including phenoxy) is 1. The van der Waals surface area contributed by atoms with Crippen LogP contribution >= 0.6 is 0 Å². The number of hydrogen-bond donors (Lipinski definition) is 1. The molecule has 0 heterocycles. The minimum Gasteiger partial charge on any atom is -0.494 e. The second-order valence-corrected chi connectivity index (χ2v) is 4.91. The lowest BCUT2D eigenvalue weighted by Gasteiger charge is -2.12. The van der Waals surface area contributed by atoms with Crippen molar-refractivity contribution in [2.24, 2.45) is 0 Å². The van der Waals surface area contributed by atoms with Crippen LogP contribution in [0.3, 0.4) is 0 Å². The molecule has 0 radical (unpaired) electrons. The Morgan fingerprint density at radius 2 is 1.90 bits per heavy atom. The smallest absolute Gasteiger partial charge is 0.273 e. The third kappa shape index (κ3) is 3.51. The summed E-state index contributed by atoms with van der Waals surface area (Å²) in [6.45, 7) is 4.78. The quantitative estimate of drug-likeness (QED) is 0.670. The SMILES string of the molecule is COc1cc([N+](=O)[O-])ccc1NCc1ccc(C)c(C)c1. The number of anilines is 1. The molecule has 110 valence electrons. The van der Waals surface area contributed by atoms with E-state index in [-0.39, 0.29) is 5.69 Å². The minimum atomic E-state index is -0.435. The molecule has 0 aliphatic rings. The van der Waals surface area contributed by atoms with Crippen molar-refractivity contribution in [2.75, 3.05) is 12.4 Å². The third-order valence-corrected chi connectivity index (χ3v) is 3.45. The average Bonchev–Trinajstić information content (AvgIpc) is 2.48. The topological polar surface area (TPSA) is 64.4 Å². The van der Waals surface area contributed by atoms with E-state index in [0.717, 1.165) is 11.3 Å². The van der Waals surface area contributed by atoms with Gasteiger partial charge >= 0.3 is 0 Å². The van der Waals surface area contributed by atoms with Gasteiger partial charge in [0.15, 0.2) is 0 Å². The molecule has 0 spiro atoms. The summed E-state index contributed by atoms with van der Waals surface area (Å²) in [6.07, 6.45) is 0. The van der Waals surface area contributed by atoms with Crippen molar-refractivity contribution in [3.8, 4) is 5.75 Å². The van der Waals surface area contributed by atoms with Crippen LogP contribution in [-0.2, 0) is 6.54 Å². The lowest BCUT2D eigenvalue weighted by atomic mass is 10.1. The maximum absolute atomic E-state index is 10.8. The van der Waals surface area contributed by atoms with E-state index >= 15 is 0 Å². The van der Waals surface area contributed by atoms with E-state index < -0.39 is 4.92 Å². The number of benzene rings is 2. The highest BCUT2D eigenvalue weighted by Crippen LogP contribution is 2.29. The number of nitro groups is 1. The molecule has 5 nitrogen and oxygen atoms in total. The average molecular weight is 286 g/mol. The van der Waals surface area contributed by atoms with E-state index in [1.165, 1.54) is 30.4 Å². The molecule has 0 aliphatic heterocycles. The molecule has 0 atom stereocenters. The molecule has 5 heteroatoms. The highest BCUT2D eigenvalue weighted by molar-refractivity contribution is 5.60. The molecular formula is C16H18N2O3. The standard InChI is InChI=1S/C16H18N2O3/c1-11-4-5-13(8-12(11)2)10-17-15-7-6-14(18(19)20)9-16(15)21-3/h4-9,17H,10H2,1-3H3. The summed E-state index contributed by atoms with van der Waals surface area (Å²) in [5.41, 5.74) is 4.40. The van der Waals surface area contributed by atoms with E-state index in [1.54, 1.807) is 6.07 Å². The molecule has 0 saturated heterocycles. The van der Waals surface area contributed by atoms with Crippen molar-refractivity contribution in [1.29, 1.82) is 0 Å². The van der Waals surface area contributed by atoms with Gasteiger partial charge in [-0.2, -0.15) is 0 Å². The number of non-ortho nitro benzene ring substituents is 1. The first-order chi connectivity index (χ1) is 10.0. The maximum atomic E-state index is 10.8. The molecule has 2 rings (SSSR count). The van der Waals surface area contributed by atoms with E-state index in [1.807, 2.05) is 0 Å². The largest absolute Gasteiger partial charge is 0.494 e. The highest BCUT2D eigenvalue weighted by atomic mass is 16.6. The van der Waals surface area contributed by atoms with E-state index in [9.17, 15) is 10.1 Å². The molecule has 0 aliphatic carbocycles. The summed E-state index contributed by atoms with van der Waals surface area (Å²) in [7, 11) is 1.50. The van der Waals surface area contributed by atoms with E-state index in [4.69, 9.17) is 4.74 Å². The van der Waals surface area contributed by atoms with Crippen LogP contribution in [0.5, 0.6) is 5.75 Å². The Morgan fingerprint density at radius 1 is 1.14 bits per heavy atom. The van der Waals surface area contributed by atoms with Crippen molar-refractivity contribution in [2.45, 2.75) is 20.4 Å². The van der Waals surface area contributed by atoms with Crippen molar-refractivity contribution >= 4 is 11.4 Å². The van der Waals surface area contributed by atoms with Gasteiger partial charge in [0, 0.05) is 12.6 Å². The molecule has 0 amide bonds. The molecule has 0 saturated carbocycles. The Morgan fingerprint density at radius 3 is 2.52 bits per heavy atom. The zero-order valence-electron chi connectivity index (χ0n) is 12.3. The van der Waals surface area contributed by atoms with E-state index in [0.29, 0.717) is 12.3 Å². The number of nitrogens with zero attached hydrogens (tertiary/aromatic N) is 1. The zero-order chi connectivity index (χ0) is 15.4. The van der Waals surface area contributed by atoms with Crippen molar-refractivity contribution in [3.63, 3.8) is 0 Å². The Labute approximate surface area is 123 Å². The van der Waals surface area contributed by atoms with Crippen molar-refractivity contribution in [1.82, 2.24) is 0 Å². The van der Waals surface area contributed by atoms with Gasteiger partial charge in [0.05, 0.1) is 23.8 Å². The summed E-state index contributed by atoms with van der Waals surface area (Å²) in [5, 5.41) is 14.0. The van der Waals surface area contributed by atoms with Crippen LogP contribution in [0.25, 0.3) is 0 Å². The summed E-state index contributed by atoms with van der Waals surface area (Å²) in [6, 6.07) is 10.8. The lowest BCUT2D eigenvalue weighted by molar-refractivity contribution is -0.384. The molecule has 2 aromatic rings. The lowest BCUT2D eigenvalue weighted by Crippen LogP contribution is -2.02.